The molecule has 0 aromatic carbocycles. The number of fused-ring (bicyclic) bond motifs is 5. The maximum atomic E-state index is 17.4. The summed E-state index contributed by atoms with van der Waals surface area (Å²) in [7, 11) is 0. The number of hydrogen-bond donors (Lipinski definition) is 1. The number of carbonyl (C=O) groups excluding carboxylic acids is 3. The van der Waals surface area contributed by atoms with Crippen LogP contribution in [0.15, 0.2) is 29.3 Å². The maximum absolute atomic E-state index is 17.4. The Morgan fingerprint density at radius 3 is 2.61 bits per heavy atom. The summed E-state index contributed by atoms with van der Waals surface area (Å²) in [5.74, 6) is -5.05. The molecule has 1 aromatic heterocycles. The number of thiazole rings is 1. The molecule has 0 saturated heterocycles. The molecule has 4 aliphatic rings. The second-order valence-corrected chi connectivity index (χ2v) is 12.3. The number of aliphatic hydroxyl groups excluding tert-OH is 1. The summed E-state index contributed by atoms with van der Waals surface area (Å²) in [6.45, 7) is 4.83. The van der Waals surface area contributed by atoms with Gasteiger partial charge in [-0.2, -0.15) is 0 Å². The van der Waals surface area contributed by atoms with Gasteiger partial charge in [-0.1, -0.05) is 19.9 Å². The molecule has 3 saturated carbocycles. The second-order valence-electron chi connectivity index (χ2n) is 11.4. The fraction of sp³-hybridized carbons (Fsp3) is 0.630. The van der Waals surface area contributed by atoms with Crippen molar-refractivity contribution in [1.29, 1.82) is 0 Å². The Kier molecular flexibility index (Phi) is 6.22. The van der Waals surface area contributed by atoms with E-state index in [1.54, 1.807) is 20.8 Å². The molecule has 2 unspecified atom stereocenters. The van der Waals surface area contributed by atoms with Crippen molar-refractivity contribution < 1.29 is 42.1 Å². The van der Waals surface area contributed by atoms with Gasteiger partial charge in [-0.15, -0.1) is 11.3 Å². The number of carbonyl (C=O) groups is 3. The number of hydrogen-bond acceptors (Lipinski definition) is 8. The van der Waals surface area contributed by atoms with Crippen LogP contribution in [0.4, 0.5) is 13.2 Å². The van der Waals surface area contributed by atoms with E-state index >= 15 is 8.78 Å². The lowest BCUT2D eigenvalue weighted by molar-refractivity contribution is -0.232. The highest BCUT2D eigenvalue weighted by molar-refractivity contribution is 7.11. The Balaban J connectivity index is 1.64. The fourth-order valence-corrected chi connectivity index (χ4v) is 8.74. The maximum Gasteiger partial charge on any atom is 0.353 e. The number of ether oxygens (including phenoxy) is 2. The molecule has 1 N–H and O–H groups in total. The van der Waals surface area contributed by atoms with Gasteiger partial charge in [-0.25, -0.2) is 27.7 Å². The van der Waals surface area contributed by atoms with Crippen molar-refractivity contribution in [2.45, 2.75) is 70.5 Å². The third kappa shape index (κ3) is 3.23. The van der Waals surface area contributed by atoms with Crippen molar-refractivity contribution in [3.8, 4) is 0 Å². The smallest absolute Gasteiger partial charge is 0.353 e. The molecule has 3 fully saturated rings. The van der Waals surface area contributed by atoms with E-state index in [4.69, 9.17) is 9.47 Å². The zero-order valence-corrected chi connectivity index (χ0v) is 22.3. The predicted molar refractivity (Wildman–Crippen MR) is 130 cm³/mol. The number of aromatic nitrogens is 1. The van der Waals surface area contributed by atoms with Crippen LogP contribution in [0.25, 0.3) is 0 Å². The third-order valence-corrected chi connectivity index (χ3v) is 10.8. The molecule has 206 valence electrons. The van der Waals surface area contributed by atoms with Crippen molar-refractivity contribution in [2.24, 2.45) is 28.6 Å². The lowest BCUT2D eigenvalue weighted by atomic mass is 9.44. The number of esters is 2. The Labute approximate surface area is 222 Å². The zero-order valence-electron chi connectivity index (χ0n) is 21.5. The molecule has 38 heavy (non-hydrogen) atoms. The largest absolute Gasteiger partial charge is 0.442 e. The van der Waals surface area contributed by atoms with Crippen LogP contribution in [0.3, 0.4) is 0 Å². The molecule has 0 bridgehead atoms. The molecule has 1 aromatic rings. The number of halogens is 3. The van der Waals surface area contributed by atoms with Gasteiger partial charge in [0.05, 0.1) is 17.3 Å². The first-order valence-electron chi connectivity index (χ1n) is 12.6. The first kappa shape index (κ1) is 27.1. The number of rotatable bonds is 4. The van der Waals surface area contributed by atoms with Gasteiger partial charge in [0.25, 0.3) is 0 Å². The second kappa shape index (κ2) is 8.74. The van der Waals surface area contributed by atoms with Crippen molar-refractivity contribution in [2.75, 3.05) is 6.86 Å². The SMILES string of the molecule is Cc1ncsc1C(=O)O[C@]1(C(=O)OCF)[C@H](C)CC2C3C[C@H](F)C4=CC(=O)C=C[C@]4(C)[C@@]3(F)[C@@H](O)C[C@@]21C. The Bertz CT molecular complexity index is 1270. The van der Waals surface area contributed by atoms with Crippen LogP contribution in [0, 0.1) is 35.5 Å². The van der Waals surface area contributed by atoms with E-state index in [0.717, 1.165) is 17.4 Å². The van der Waals surface area contributed by atoms with Crippen LogP contribution < -0.4 is 0 Å². The van der Waals surface area contributed by atoms with E-state index in [1.807, 2.05) is 0 Å². The highest BCUT2D eigenvalue weighted by Gasteiger charge is 2.78. The van der Waals surface area contributed by atoms with Crippen LogP contribution in [0.2, 0.25) is 0 Å². The van der Waals surface area contributed by atoms with Crippen LogP contribution in [0.5, 0.6) is 0 Å². The minimum absolute atomic E-state index is 0.0207. The lowest BCUT2D eigenvalue weighted by Crippen LogP contribution is -2.71. The van der Waals surface area contributed by atoms with Crippen molar-refractivity contribution >= 4 is 29.1 Å². The Hall–Kier alpha value is -2.53. The summed E-state index contributed by atoms with van der Waals surface area (Å²) in [6, 6.07) is 0. The van der Waals surface area contributed by atoms with Gasteiger partial charge in [0, 0.05) is 22.7 Å². The molecular formula is C27H30F3NO6S. The molecule has 4 aliphatic carbocycles. The van der Waals surface area contributed by atoms with E-state index in [2.05, 4.69) is 4.98 Å². The van der Waals surface area contributed by atoms with Crippen LogP contribution in [0.1, 0.15) is 55.4 Å². The first-order chi connectivity index (χ1) is 17.8. The van der Waals surface area contributed by atoms with Crippen LogP contribution in [-0.4, -0.2) is 58.2 Å². The fourth-order valence-electron chi connectivity index (χ4n) is 8.06. The number of aryl methyl sites for hydroxylation is 1. The number of nitrogens with zero attached hydrogens (tertiary/aromatic N) is 1. The van der Waals surface area contributed by atoms with Crippen LogP contribution in [-0.2, 0) is 19.1 Å². The molecule has 1 heterocycles. The predicted octanol–water partition coefficient (Wildman–Crippen LogP) is 4.38. The van der Waals surface area contributed by atoms with Gasteiger partial charge >= 0.3 is 11.9 Å². The molecule has 11 heteroatoms. The molecule has 9 atom stereocenters. The standard InChI is InChI=1S/C27H30F3NO6S/c1-13-7-16-17-9-19(29)18-8-15(32)5-6-24(18,3)26(17,30)20(33)10-25(16,4)27(13,23(35)36-11-28)37-22(34)21-14(2)31-12-38-21/h5-6,8,12-13,16-17,19-20,33H,7,9-11H2,1-4H3/t13-,16?,17?,19+,20+,24+,25+,26+,27+/m1/s1. The van der Waals surface area contributed by atoms with Gasteiger partial charge < -0.3 is 14.6 Å². The van der Waals surface area contributed by atoms with Gasteiger partial charge in [-0.05, 0) is 56.8 Å². The monoisotopic (exact) mass is 553 g/mol. The Morgan fingerprint density at radius 1 is 1.26 bits per heavy atom. The van der Waals surface area contributed by atoms with Crippen LogP contribution >= 0.6 is 11.3 Å². The van der Waals surface area contributed by atoms with Gasteiger partial charge in [0.1, 0.15) is 11.0 Å². The molecular weight excluding hydrogens is 523 g/mol. The van der Waals surface area contributed by atoms with E-state index in [0.29, 0.717) is 5.69 Å². The molecule has 0 aliphatic heterocycles. The number of allylic oxidation sites excluding steroid dienone is 4. The number of aliphatic hydroxyl groups is 1. The van der Waals surface area contributed by atoms with E-state index in [-0.39, 0.29) is 29.7 Å². The van der Waals surface area contributed by atoms with Gasteiger partial charge in [0.15, 0.2) is 11.5 Å². The number of alkyl halides is 3. The quantitative estimate of drug-likeness (QED) is 0.552. The minimum Gasteiger partial charge on any atom is -0.442 e. The number of ketones is 1. The highest BCUT2D eigenvalue weighted by atomic mass is 32.1. The normalized spacial score (nSPS) is 43.5. The summed E-state index contributed by atoms with van der Waals surface area (Å²) in [4.78, 5) is 43.0. The minimum atomic E-state index is -2.37. The topological polar surface area (TPSA) is 103 Å². The van der Waals surface area contributed by atoms with E-state index in [1.165, 1.54) is 24.6 Å². The summed E-state index contributed by atoms with van der Waals surface area (Å²) < 4.78 is 57.2. The summed E-state index contributed by atoms with van der Waals surface area (Å²) in [5, 5.41) is 11.5. The van der Waals surface area contributed by atoms with Crippen molar-refractivity contribution in [3.05, 3.63) is 39.9 Å². The first-order valence-corrected chi connectivity index (χ1v) is 13.5. The summed E-state index contributed by atoms with van der Waals surface area (Å²) in [5.41, 5.74) is -5.66. The lowest BCUT2D eigenvalue weighted by Gasteiger charge is -2.63. The average Bonchev–Trinajstić information content (AvgIpc) is 3.37. The van der Waals surface area contributed by atoms with Gasteiger partial charge in [0.2, 0.25) is 12.5 Å². The zero-order chi connectivity index (χ0) is 27.8. The molecule has 0 spiro atoms. The average molecular weight is 554 g/mol. The molecule has 0 amide bonds. The molecule has 5 rings (SSSR count). The van der Waals surface area contributed by atoms with E-state index in [9.17, 15) is 23.9 Å². The summed E-state index contributed by atoms with van der Waals surface area (Å²) >= 11 is 1.01. The van der Waals surface area contributed by atoms with E-state index < -0.39 is 76.7 Å². The molecule has 0 radical (unpaired) electrons. The molecule has 7 nitrogen and oxygen atoms in total. The van der Waals surface area contributed by atoms with Gasteiger partial charge in [-0.3, -0.25) is 4.79 Å². The highest BCUT2D eigenvalue weighted by Crippen LogP contribution is 2.71. The van der Waals surface area contributed by atoms with Crippen molar-refractivity contribution in [3.63, 3.8) is 0 Å². The summed E-state index contributed by atoms with van der Waals surface area (Å²) in [6.07, 6.45) is -0.318. The Morgan fingerprint density at radius 2 is 1.97 bits per heavy atom. The third-order valence-electron chi connectivity index (χ3n) is 9.84. The van der Waals surface area contributed by atoms with Crippen molar-refractivity contribution in [1.82, 2.24) is 4.98 Å².